The molecule has 1 aliphatic rings. The van der Waals surface area contributed by atoms with Gasteiger partial charge < -0.3 is 5.32 Å². The zero-order valence-corrected chi connectivity index (χ0v) is 10.9. The molecule has 1 heterocycles. The maximum atomic E-state index is 12.0. The molecule has 104 valence electrons. The Morgan fingerprint density at radius 2 is 1.70 bits per heavy atom. The van der Waals surface area contributed by atoms with Crippen LogP contribution in [-0.4, -0.2) is 16.1 Å². The van der Waals surface area contributed by atoms with Crippen molar-refractivity contribution >= 4 is 22.4 Å². The topological polar surface area (TPSA) is 94.8 Å². The van der Waals surface area contributed by atoms with E-state index in [1.54, 1.807) is 12.1 Å². The molecule has 20 heavy (non-hydrogen) atoms. The number of aromatic amines is 2. The number of hydrogen-bond acceptors (Lipinski definition) is 3. The Hall–Kier alpha value is -2.37. The highest BCUT2D eigenvalue weighted by Crippen LogP contribution is 2.26. The van der Waals surface area contributed by atoms with Crippen LogP contribution in [0.5, 0.6) is 0 Å². The molecule has 0 radical (unpaired) electrons. The average molecular weight is 273 g/mol. The Bertz CT molecular complexity index is 769. The number of benzene rings is 1. The second-order valence-corrected chi connectivity index (χ2v) is 5.14. The lowest BCUT2D eigenvalue weighted by molar-refractivity contribution is -0.119. The van der Waals surface area contributed by atoms with E-state index < -0.39 is 0 Å². The summed E-state index contributed by atoms with van der Waals surface area (Å²) in [5.41, 5.74) is -0.185. The van der Waals surface area contributed by atoms with Crippen LogP contribution in [0.25, 0.3) is 10.8 Å². The van der Waals surface area contributed by atoms with E-state index >= 15 is 0 Å². The van der Waals surface area contributed by atoms with Gasteiger partial charge in [-0.25, -0.2) is 0 Å². The molecule has 0 spiro atoms. The molecule has 0 saturated heterocycles. The first-order valence-electron chi connectivity index (χ1n) is 6.71. The Labute approximate surface area is 114 Å². The number of aromatic nitrogens is 2. The number of anilines is 1. The van der Waals surface area contributed by atoms with Crippen LogP contribution < -0.4 is 16.4 Å². The molecule has 0 bridgehead atoms. The first-order chi connectivity index (χ1) is 9.65. The largest absolute Gasteiger partial charge is 0.326 e. The lowest BCUT2D eigenvalue weighted by atomic mass is 10.1. The fraction of sp³-hybridized carbons (Fsp3) is 0.357. The van der Waals surface area contributed by atoms with Gasteiger partial charge in [-0.3, -0.25) is 24.6 Å². The minimum Gasteiger partial charge on any atom is -0.326 e. The number of rotatable bonds is 2. The molecule has 1 aromatic carbocycles. The Kier molecular flexibility index (Phi) is 3.14. The van der Waals surface area contributed by atoms with Crippen molar-refractivity contribution in [1.82, 2.24) is 10.2 Å². The predicted molar refractivity (Wildman–Crippen MR) is 75.8 cm³/mol. The molecule has 1 amide bonds. The number of amides is 1. The van der Waals surface area contributed by atoms with E-state index in [1.165, 1.54) is 6.07 Å². The van der Waals surface area contributed by atoms with E-state index in [9.17, 15) is 14.4 Å². The van der Waals surface area contributed by atoms with Crippen LogP contribution in [0, 0.1) is 5.92 Å². The van der Waals surface area contributed by atoms with E-state index in [1.807, 2.05) is 0 Å². The van der Waals surface area contributed by atoms with E-state index in [0.717, 1.165) is 25.7 Å². The highest BCUT2D eigenvalue weighted by Gasteiger charge is 2.22. The highest BCUT2D eigenvalue weighted by atomic mass is 16.2. The fourth-order valence-electron chi connectivity index (χ4n) is 2.69. The van der Waals surface area contributed by atoms with Crippen molar-refractivity contribution in [3.05, 3.63) is 38.9 Å². The third-order valence-electron chi connectivity index (χ3n) is 3.79. The van der Waals surface area contributed by atoms with Gasteiger partial charge in [0.05, 0.1) is 10.8 Å². The van der Waals surface area contributed by atoms with Crippen LogP contribution in [0.4, 0.5) is 5.69 Å². The maximum Gasteiger partial charge on any atom is 0.270 e. The molecule has 1 aromatic heterocycles. The number of H-pyrrole nitrogens is 2. The molecule has 1 fully saturated rings. The van der Waals surface area contributed by atoms with E-state index in [4.69, 9.17) is 0 Å². The van der Waals surface area contributed by atoms with Gasteiger partial charge in [0.25, 0.3) is 11.1 Å². The fourth-order valence-corrected chi connectivity index (χ4v) is 2.69. The molecule has 3 rings (SSSR count). The summed E-state index contributed by atoms with van der Waals surface area (Å²) in [6, 6.07) is 4.73. The summed E-state index contributed by atoms with van der Waals surface area (Å²) >= 11 is 0. The molecule has 6 nitrogen and oxygen atoms in total. The quantitative estimate of drug-likeness (QED) is 0.770. The normalized spacial score (nSPS) is 15.6. The highest BCUT2D eigenvalue weighted by molar-refractivity contribution is 5.95. The first kappa shape index (κ1) is 12.7. The van der Waals surface area contributed by atoms with Crippen molar-refractivity contribution in [3.8, 4) is 0 Å². The van der Waals surface area contributed by atoms with Gasteiger partial charge in [-0.05, 0) is 31.0 Å². The summed E-state index contributed by atoms with van der Waals surface area (Å²) in [7, 11) is 0. The van der Waals surface area contributed by atoms with Gasteiger partial charge in [-0.2, -0.15) is 0 Å². The third-order valence-corrected chi connectivity index (χ3v) is 3.79. The molecule has 1 saturated carbocycles. The summed E-state index contributed by atoms with van der Waals surface area (Å²) in [6.45, 7) is 0. The number of fused-ring (bicyclic) bond motifs is 1. The zero-order chi connectivity index (χ0) is 14.1. The van der Waals surface area contributed by atoms with Crippen LogP contribution in [0.1, 0.15) is 25.7 Å². The van der Waals surface area contributed by atoms with Gasteiger partial charge in [0, 0.05) is 11.6 Å². The number of nitrogens with one attached hydrogen (secondary N) is 3. The number of carbonyl (C=O) groups is 1. The maximum absolute atomic E-state index is 12.0. The summed E-state index contributed by atoms with van der Waals surface area (Å²) in [4.78, 5) is 35.3. The van der Waals surface area contributed by atoms with Crippen molar-refractivity contribution in [3.63, 3.8) is 0 Å². The van der Waals surface area contributed by atoms with Gasteiger partial charge >= 0.3 is 0 Å². The van der Waals surface area contributed by atoms with Gasteiger partial charge in [0.1, 0.15) is 0 Å². The van der Waals surface area contributed by atoms with Gasteiger partial charge in [0.2, 0.25) is 5.91 Å². The summed E-state index contributed by atoms with van der Waals surface area (Å²) < 4.78 is 0. The second kappa shape index (κ2) is 4.96. The molecule has 6 heteroatoms. The monoisotopic (exact) mass is 273 g/mol. The van der Waals surface area contributed by atoms with Gasteiger partial charge in [-0.1, -0.05) is 12.8 Å². The molecule has 0 aliphatic heterocycles. The van der Waals surface area contributed by atoms with Crippen LogP contribution in [0.3, 0.4) is 0 Å². The van der Waals surface area contributed by atoms with Crippen molar-refractivity contribution in [1.29, 1.82) is 0 Å². The average Bonchev–Trinajstić information content (AvgIpc) is 2.97. The van der Waals surface area contributed by atoms with Crippen molar-refractivity contribution in [2.75, 3.05) is 5.32 Å². The number of carbonyl (C=O) groups excluding carboxylic acids is 1. The first-order valence-corrected chi connectivity index (χ1v) is 6.71. The van der Waals surface area contributed by atoms with Crippen LogP contribution >= 0.6 is 0 Å². The van der Waals surface area contributed by atoms with Crippen molar-refractivity contribution in [2.45, 2.75) is 25.7 Å². The predicted octanol–water partition coefficient (Wildman–Crippen LogP) is 1.35. The molecule has 3 N–H and O–H groups in total. The smallest absolute Gasteiger partial charge is 0.270 e. The Balaban J connectivity index is 1.93. The minimum atomic E-state index is -0.378. The van der Waals surface area contributed by atoms with Crippen LogP contribution in [0.2, 0.25) is 0 Å². The van der Waals surface area contributed by atoms with Gasteiger partial charge in [0.15, 0.2) is 0 Å². The van der Waals surface area contributed by atoms with Gasteiger partial charge in [-0.15, -0.1) is 0 Å². The van der Waals surface area contributed by atoms with Crippen molar-refractivity contribution < 1.29 is 4.79 Å². The van der Waals surface area contributed by atoms with E-state index in [0.29, 0.717) is 11.1 Å². The molecular formula is C14H15N3O3. The Morgan fingerprint density at radius 3 is 2.40 bits per heavy atom. The standard InChI is InChI=1S/C14H15N3O3/c18-12(8-3-1-2-4-8)15-9-5-6-10-11(7-9)14(20)17-16-13(10)19/h5-8H,1-4H2,(H,15,18)(H,16,19)(H,17,20). The molecule has 0 unspecified atom stereocenters. The molecule has 1 aliphatic carbocycles. The van der Waals surface area contributed by atoms with Crippen LogP contribution in [0.15, 0.2) is 27.8 Å². The SMILES string of the molecule is O=C(Nc1ccc2c(=O)[nH][nH]c(=O)c2c1)C1CCCC1. The summed E-state index contributed by atoms with van der Waals surface area (Å²) in [5, 5.41) is 7.95. The lowest BCUT2D eigenvalue weighted by Gasteiger charge is -2.10. The zero-order valence-electron chi connectivity index (χ0n) is 10.9. The van der Waals surface area contributed by atoms with Crippen LogP contribution in [-0.2, 0) is 4.79 Å². The van der Waals surface area contributed by atoms with Crippen molar-refractivity contribution in [2.24, 2.45) is 5.92 Å². The lowest BCUT2D eigenvalue weighted by Crippen LogP contribution is -2.21. The summed E-state index contributed by atoms with van der Waals surface area (Å²) in [6.07, 6.45) is 4.01. The third kappa shape index (κ3) is 2.24. The van der Waals surface area contributed by atoms with E-state index in [-0.39, 0.29) is 28.3 Å². The summed E-state index contributed by atoms with van der Waals surface area (Å²) in [5.74, 6) is 0.0475. The Morgan fingerprint density at radius 1 is 1.05 bits per heavy atom. The molecule has 0 atom stereocenters. The second-order valence-electron chi connectivity index (χ2n) is 5.14. The molecular weight excluding hydrogens is 258 g/mol. The molecule has 2 aromatic rings. The van der Waals surface area contributed by atoms with E-state index in [2.05, 4.69) is 15.5 Å². The number of hydrogen-bond donors (Lipinski definition) is 3. The minimum absolute atomic E-state index is 0.0110.